The van der Waals surface area contributed by atoms with Crippen LogP contribution in [0.2, 0.25) is 0 Å². The van der Waals surface area contributed by atoms with Crippen LogP contribution in [0, 0.1) is 6.92 Å². The summed E-state index contributed by atoms with van der Waals surface area (Å²) in [6.07, 6.45) is 2.05. The van der Waals surface area contributed by atoms with E-state index in [1.807, 2.05) is 66.4 Å². The van der Waals surface area contributed by atoms with Crippen molar-refractivity contribution < 1.29 is 9.59 Å². The van der Waals surface area contributed by atoms with Gasteiger partial charge in [0.2, 0.25) is 5.91 Å². The minimum atomic E-state index is -0.523. The number of aryl methyl sites for hydroxylation is 1. The Balaban J connectivity index is 1.49. The Morgan fingerprint density at radius 3 is 2.37 bits per heavy atom. The number of hydrogen-bond acceptors (Lipinski definition) is 3. The molecule has 3 rings (SSSR count). The van der Waals surface area contributed by atoms with Gasteiger partial charge in [-0.1, -0.05) is 48.5 Å². The molecule has 142 valence electrons. The van der Waals surface area contributed by atoms with Crippen molar-refractivity contribution in [2.24, 2.45) is 5.73 Å². The number of likely N-dealkylation sites (tertiary alicyclic amines) is 1. The summed E-state index contributed by atoms with van der Waals surface area (Å²) in [4.78, 5) is 26.9. The number of carbonyl (C=O) groups excluding carboxylic acids is 2. The molecule has 1 unspecified atom stereocenters. The maximum atomic E-state index is 12.6. The van der Waals surface area contributed by atoms with Gasteiger partial charge >= 0.3 is 0 Å². The number of amides is 2. The second-order valence-corrected chi connectivity index (χ2v) is 7.18. The van der Waals surface area contributed by atoms with Crippen LogP contribution in [-0.4, -0.2) is 41.9 Å². The van der Waals surface area contributed by atoms with Crippen molar-refractivity contribution in [3.63, 3.8) is 0 Å². The lowest BCUT2D eigenvalue weighted by Gasteiger charge is -2.34. The van der Waals surface area contributed by atoms with Crippen LogP contribution in [0.5, 0.6) is 0 Å². The molecule has 2 aromatic carbocycles. The molecule has 0 aliphatic carbocycles. The fourth-order valence-corrected chi connectivity index (χ4v) is 3.52. The average molecular weight is 365 g/mol. The minimum Gasteiger partial charge on any atom is -0.349 e. The first-order valence-electron chi connectivity index (χ1n) is 9.49. The molecule has 1 saturated heterocycles. The van der Waals surface area contributed by atoms with Gasteiger partial charge in [0.15, 0.2) is 0 Å². The highest BCUT2D eigenvalue weighted by molar-refractivity contribution is 5.95. The summed E-state index contributed by atoms with van der Waals surface area (Å²) in [5.41, 5.74) is 8.87. The van der Waals surface area contributed by atoms with Gasteiger partial charge in [-0.3, -0.25) is 9.59 Å². The molecule has 0 spiro atoms. The Morgan fingerprint density at radius 1 is 1.07 bits per heavy atom. The summed E-state index contributed by atoms with van der Waals surface area (Å²) >= 11 is 0. The van der Waals surface area contributed by atoms with Gasteiger partial charge in [0.05, 0.1) is 6.04 Å². The van der Waals surface area contributed by atoms with Gasteiger partial charge in [0.25, 0.3) is 5.91 Å². The van der Waals surface area contributed by atoms with E-state index < -0.39 is 6.04 Å². The lowest BCUT2D eigenvalue weighted by molar-refractivity contribution is -0.133. The van der Waals surface area contributed by atoms with E-state index in [4.69, 9.17) is 5.73 Å². The molecular weight excluding hydrogens is 338 g/mol. The largest absolute Gasteiger partial charge is 0.349 e. The fraction of sp³-hybridized carbons (Fsp3) is 0.364. The number of benzene rings is 2. The van der Waals surface area contributed by atoms with Crippen LogP contribution < -0.4 is 11.1 Å². The normalized spacial score (nSPS) is 16.0. The summed E-state index contributed by atoms with van der Waals surface area (Å²) in [6, 6.07) is 17.0. The van der Waals surface area contributed by atoms with E-state index in [0.717, 1.165) is 24.0 Å². The molecule has 2 amide bonds. The number of hydrogen-bond donors (Lipinski definition) is 2. The molecule has 1 heterocycles. The third-order valence-electron chi connectivity index (χ3n) is 5.15. The van der Waals surface area contributed by atoms with Crippen LogP contribution >= 0.6 is 0 Å². The number of nitrogens with zero attached hydrogens (tertiary/aromatic N) is 1. The van der Waals surface area contributed by atoms with Crippen molar-refractivity contribution in [1.29, 1.82) is 0 Å². The van der Waals surface area contributed by atoms with E-state index in [9.17, 15) is 9.59 Å². The maximum Gasteiger partial charge on any atom is 0.251 e. The predicted molar refractivity (Wildman–Crippen MR) is 106 cm³/mol. The van der Waals surface area contributed by atoms with Crippen LogP contribution in [0.4, 0.5) is 0 Å². The average Bonchev–Trinajstić information content (AvgIpc) is 2.69. The molecule has 1 fully saturated rings. The molecule has 0 aromatic heterocycles. The molecule has 1 aliphatic heterocycles. The lowest BCUT2D eigenvalue weighted by atomic mass is 10.0. The summed E-state index contributed by atoms with van der Waals surface area (Å²) in [7, 11) is 0. The monoisotopic (exact) mass is 365 g/mol. The molecule has 5 heteroatoms. The Bertz CT molecular complexity index is 783. The number of piperidine rings is 1. The van der Waals surface area contributed by atoms with E-state index >= 15 is 0 Å². The third-order valence-corrected chi connectivity index (χ3v) is 5.15. The minimum absolute atomic E-state index is 0.0115. The Morgan fingerprint density at radius 2 is 1.70 bits per heavy atom. The zero-order valence-corrected chi connectivity index (χ0v) is 15.7. The first kappa shape index (κ1) is 19.1. The van der Waals surface area contributed by atoms with Crippen molar-refractivity contribution in [3.8, 4) is 0 Å². The second-order valence-electron chi connectivity index (χ2n) is 7.18. The molecule has 0 bridgehead atoms. The second kappa shape index (κ2) is 8.82. The topological polar surface area (TPSA) is 75.4 Å². The standard InChI is InChI=1S/C22H27N3O2/c1-16-7-5-6-10-19(16)21(26)24-18-11-13-25(14-12-18)22(27)20(23)15-17-8-3-2-4-9-17/h2-10,18,20H,11-15,23H2,1H3,(H,24,26). The van der Waals surface area contributed by atoms with Gasteiger partial charge in [-0.15, -0.1) is 0 Å². The first-order valence-corrected chi connectivity index (χ1v) is 9.49. The van der Waals surface area contributed by atoms with Crippen LogP contribution in [0.3, 0.4) is 0 Å². The maximum absolute atomic E-state index is 12.6. The molecule has 5 nitrogen and oxygen atoms in total. The zero-order chi connectivity index (χ0) is 19.2. The molecular formula is C22H27N3O2. The Labute approximate surface area is 160 Å². The van der Waals surface area contributed by atoms with Crippen molar-refractivity contribution in [1.82, 2.24) is 10.2 Å². The number of rotatable bonds is 5. The summed E-state index contributed by atoms with van der Waals surface area (Å²) < 4.78 is 0. The molecule has 3 N–H and O–H groups in total. The van der Waals surface area contributed by atoms with Crippen molar-refractivity contribution >= 4 is 11.8 Å². The number of carbonyl (C=O) groups is 2. The molecule has 1 aliphatic rings. The van der Waals surface area contributed by atoms with Gasteiger partial charge in [-0.25, -0.2) is 0 Å². The Kier molecular flexibility index (Phi) is 6.24. The highest BCUT2D eigenvalue weighted by Gasteiger charge is 2.27. The SMILES string of the molecule is Cc1ccccc1C(=O)NC1CCN(C(=O)C(N)Cc2ccccc2)CC1. The molecule has 0 saturated carbocycles. The molecule has 2 aromatic rings. The molecule has 0 radical (unpaired) electrons. The quantitative estimate of drug-likeness (QED) is 0.854. The van der Waals surface area contributed by atoms with Crippen LogP contribution in [-0.2, 0) is 11.2 Å². The van der Waals surface area contributed by atoms with E-state index in [2.05, 4.69) is 5.32 Å². The fourth-order valence-electron chi connectivity index (χ4n) is 3.52. The third kappa shape index (κ3) is 4.95. The summed E-state index contributed by atoms with van der Waals surface area (Å²) in [5, 5.41) is 3.10. The van der Waals surface area contributed by atoms with E-state index in [1.165, 1.54) is 0 Å². The molecule has 27 heavy (non-hydrogen) atoms. The van der Waals surface area contributed by atoms with Crippen LogP contribution in [0.15, 0.2) is 54.6 Å². The smallest absolute Gasteiger partial charge is 0.251 e. The van der Waals surface area contributed by atoms with Crippen molar-refractivity contribution in [3.05, 3.63) is 71.3 Å². The van der Waals surface area contributed by atoms with E-state index in [0.29, 0.717) is 25.1 Å². The first-order chi connectivity index (χ1) is 13.0. The zero-order valence-electron chi connectivity index (χ0n) is 15.7. The highest BCUT2D eigenvalue weighted by Crippen LogP contribution is 2.14. The van der Waals surface area contributed by atoms with Gasteiger partial charge in [-0.2, -0.15) is 0 Å². The predicted octanol–water partition coefficient (Wildman–Crippen LogP) is 2.29. The van der Waals surface area contributed by atoms with Gasteiger partial charge in [0.1, 0.15) is 0 Å². The van der Waals surface area contributed by atoms with E-state index in [-0.39, 0.29) is 17.9 Å². The van der Waals surface area contributed by atoms with Gasteiger partial charge in [-0.05, 0) is 43.4 Å². The van der Waals surface area contributed by atoms with Crippen molar-refractivity contribution in [2.45, 2.75) is 38.3 Å². The van der Waals surface area contributed by atoms with Crippen molar-refractivity contribution in [2.75, 3.05) is 13.1 Å². The van der Waals surface area contributed by atoms with E-state index in [1.54, 1.807) is 0 Å². The lowest BCUT2D eigenvalue weighted by Crippen LogP contribution is -2.51. The summed E-state index contributed by atoms with van der Waals surface area (Å²) in [6.45, 7) is 3.18. The van der Waals surface area contributed by atoms with Gasteiger partial charge < -0.3 is 16.0 Å². The number of nitrogens with two attached hydrogens (primary N) is 1. The summed E-state index contributed by atoms with van der Waals surface area (Å²) in [5.74, 6) is -0.0545. The van der Waals surface area contributed by atoms with Gasteiger partial charge in [0, 0.05) is 24.7 Å². The molecule has 1 atom stereocenters. The van der Waals surface area contributed by atoms with Crippen LogP contribution in [0.1, 0.15) is 34.3 Å². The number of nitrogens with one attached hydrogen (secondary N) is 1. The Hall–Kier alpha value is -2.66. The highest BCUT2D eigenvalue weighted by atomic mass is 16.2. The van der Waals surface area contributed by atoms with Crippen LogP contribution in [0.25, 0.3) is 0 Å².